The van der Waals surface area contributed by atoms with Gasteiger partial charge in [0.05, 0.1) is 17.6 Å². The van der Waals surface area contributed by atoms with E-state index in [0.29, 0.717) is 0 Å². The fourth-order valence-electron chi connectivity index (χ4n) is 1.87. The van der Waals surface area contributed by atoms with Crippen molar-refractivity contribution in [1.82, 2.24) is 19.6 Å². The number of nitrogens with two attached hydrogens (primary N) is 1. The molecule has 0 spiro atoms. The number of nitrogen functional groups attached to an aromatic ring is 1. The van der Waals surface area contributed by atoms with Gasteiger partial charge in [-0.15, -0.1) is 5.10 Å². The van der Waals surface area contributed by atoms with Crippen molar-refractivity contribution < 1.29 is 13.2 Å². The average Bonchev–Trinajstić information content (AvgIpc) is 2.75. The van der Waals surface area contributed by atoms with Crippen LogP contribution in [0.25, 0.3) is 16.9 Å². The molecule has 3 aromatic rings. The summed E-state index contributed by atoms with van der Waals surface area (Å²) in [5.41, 5.74) is 5.76. The van der Waals surface area contributed by atoms with Crippen LogP contribution < -0.4 is 5.73 Å². The van der Waals surface area contributed by atoms with Gasteiger partial charge in [0.1, 0.15) is 5.52 Å². The molecule has 0 aromatic carbocycles. The first kappa shape index (κ1) is 12.4. The minimum absolute atomic E-state index is 0.0561. The second kappa shape index (κ2) is 4.48. The summed E-state index contributed by atoms with van der Waals surface area (Å²) < 4.78 is 40.3. The lowest BCUT2D eigenvalue weighted by Crippen LogP contribution is -2.02. The molecule has 0 saturated heterocycles. The Labute approximate surface area is 110 Å². The molecule has 102 valence electrons. The third-order valence-electron chi connectivity index (χ3n) is 2.78. The van der Waals surface area contributed by atoms with Crippen LogP contribution in [0.15, 0.2) is 30.6 Å². The molecule has 0 unspecified atom stereocenters. The molecule has 3 rings (SSSR count). The Kier molecular flexibility index (Phi) is 2.78. The van der Waals surface area contributed by atoms with Crippen molar-refractivity contribution in [3.05, 3.63) is 42.0 Å². The van der Waals surface area contributed by atoms with Gasteiger partial charge in [0.15, 0.2) is 5.82 Å². The number of aromatic nitrogens is 4. The summed E-state index contributed by atoms with van der Waals surface area (Å²) >= 11 is 0. The molecule has 0 fully saturated rings. The quantitative estimate of drug-likeness (QED) is 0.782. The molecule has 2 N–H and O–H groups in total. The Morgan fingerprint density at radius 3 is 2.75 bits per heavy atom. The van der Waals surface area contributed by atoms with Crippen molar-refractivity contribution in [2.24, 2.45) is 0 Å². The number of nitrogens with zero attached hydrogens (tertiary/aromatic N) is 4. The van der Waals surface area contributed by atoms with Gasteiger partial charge in [-0.25, -0.2) is 22.7 Å². The smallest absolute Gasteiger partial charge is 0.263 e. The van der Waals surface area contributed by atoms with Gasteiger partial charge in [-0.05, 0) is 12.1 Å². The van der Waals surface area contributed by atoms with Gasteiger partial charge >= 0.3 is 0 Å². The number of halogens is 3. The van der Waals surface area contributed by atoms with E-state index in [2.05, 4.69) is 15.1 Å². The van der Waals surface area contributed by atoms with Gasteiger partial charge in [-0.2, -0.15) is 0 Å². The zero-order valence-electron chi connectivity index (χ0n) is 9.96. The van der Waals surface area contributed by atoms with Gasteiger partial charge in [-0.1, -0.05) is 0 Å². The van der Waals surface area contributed by atoms with E-state index >= 15 is 0 Å². The molecule has 0 amide bonds. The van der Waals surface area contributed by atoms with Gasteiger partial charge in [0.2, 0.25) is 5.95 Å². The van der Waals surface area contributed by atoms with Crippen molar-refractivity contribution in [2.75, 3.05) is 5.73 Å². The molecule has 3 aromatic heterocycles. The van der Waals surface area contributed by atoms with E-state index < -0.39 is 12.2 Å². The Hall–Kier alpha value is -2.64. The number of hydrogen-bond donors (Lipinski definition) is 1. The van der Waals surface area contributed by atoms with Crippen molar-refractivity contribution >= 4 is 11.5 Å². The van der Waals surface area contributed by atoms with Crippen LogP contribution in [0.4, 0.5) is 19.1 Å². The third-order valence-corrected chi connectivity index (χ3v) is 2.78. The molecule has 0 aliphatic carbocycles. The Bertz CT molecular complexity index is 784. The second-order valence-electron chi connectivity index (χ2n) is 4.07. The maximum atomic E-state index is 13.8. The molecule has 8 heteroatoms. The van der Waals surface area contributed by atoms with Crippen LogP contribution in [-0.2, 0) is 0 Å². The normalized spacial score (nSPS) is 11.4. The van der Waals surface area contributed by atoms with Crippen molar-refractivity contribution in [3.63, 3.8) is 0 Å². The van der Waals surface area contributed by atoms with Gasteiger partial charge < -0.3 is 5.73 Å². The lowest BCUT2D eigenvalue weighted by Gasteiger charge is -2.04. The molecule has 3 heterocycles. The molecule has 20 heavy (non-hydrogen) atoms. The summed E-state index contributed by atoms with van der Waals surface area (Å²) in [6, 6.07) is 3.54. The number of fused-ring (bicyclic) bond motifs is 1. The first-order valence-corrected chi connectivity index (χ1v) is 5.60. The summed E-state index contributed by atoms with van der Waals surface area (Å²) in [7, 11) is 0. The minimum Gasteiger partial charge on any atom is -0.367 e. The van der Waals surface area contributed by atoms with Crippen LogP contribution >= 0.6 is 0 Å². The zero-order chi connectivity index (χ0) is 14.3. The fourth-order valence-corrected chi connectivity index (χ4v) is 1.87. The molecule has 0 atom stereocenters. The minimum atomic E-state index is -2.63. The van der Waals surface area contributed by atoms with E-state index in [-0.39, 0.29) is 28.4 Å². The summed E-state index contributed by atoms with van der Waals surface area (Å²) in [5.74, 6) is -0.636. The lowest BCUT2D eigenvalue weighted by molar-refractivity contribution is 0.151. The van der Waals surface area contributed by atoms with Gasteiger partial charge in [0.25, 0.3) is 6.43 Å². The molecule has 0 aliphatic rings. The number of anilines is 1. The van der Waals surface area contributed by atoms with Crippen LogP contribution in [0.5, 0.6) is 0 Å². The predicted octanol–water partition coefficient (Wildman–Crippen LogP) is 2.45. The number of alkyl halides is 2. The lowest BCUT2D eigenvalue weighted by atomic mass is 10.2. The first-order valence-electron chi connectivity index (χ1n) is 5.60. The van der Waals surface area contributed by atoms with E-state index in [9.17, 15) is 13.2 Å². The third kappa shape index (κ3) is 1.94. The number of rotatable bonds is 2. The predicted molar refractivity (Wildman–Crippen MR) is 65.5 cm³/mol. The van der Waals surface area contributed by atoms with Crippen LogP contribution in [0.2, 0.25) is 0 Å². The van der Waals surface area contributed by atoms with Gasteiger partial charge in [-0.3, -0.25) is 4.98 Å². The maximum Gasteiger partial charge on any atom is 0.263 e. The number of pyridine rings is 1. The van der Waals surface area contributed by atoms with Crippen LogP contribution in [0.1, 0.15) is 12.0 Å². The first-order chi connectivity index (χ1) is 9.56. The molecule has 0 aliphatic heterocycles. The van der Waals surface area contributed by atoms with E-state index in [0.717, 1.165) is 6.07 Å². The Morgan fingerprint density at radius 1 is 1.20 bits per heavy atom. The highest BCUT2D eigenvalue weighted by Crippen LogP contribution is 2.26. The molecule has 0 bridgehead atoms. The van der Waals surface area contributed by atoms with E-state index in [1.807, 2.05) is 0 Å². The highest BCUT2D eigenvalue weighted by atomic mass is 19.3. The van der Waals surface area contributed by atoms with Gasteiger partial charge in [0, 0.05) is 17.8 Å². The van der Waals surface area contributed by atoms with Crippen LogP contribution in [0.3, 0.4) is 0 Å². The SMILES string of the molecule is Nc1ncc2c(F)cc(-c3cc(C(F)F)ccn3)n2n1. The van der Waals surface area contributed by atoms with E-state index in [1.54, 1.807) is 0 Å². The molecule has 0 saturated carbocycles. The summed E-state index contributed by atoms with van der Waals surface area (Å²) in [4.78, 5) is 7.65. The highest BCUT2D eigenvalue weighted by Gasteiger charge is 2.15. The Morgan fingerprint density at radius 2 is 2.00 bits per heavy atom. The summed E-state index contributed by atoms with van der Waals surface area (Å²) in [5, 5.41) is 3.86. The average molecular weight is 279 g/mol. The second-order valence-corrected chi connectivity index (χ2v) is 4.07. The number of hydrogen-bond acceptors (Lipinski definition) is 4. The van der Waals surface area contributed by atoms with Crippen molar-refractivity contribution in [1.29, 1.82) is 0 Å². The highest BCUT2D eigenvalue weighted by molar-refractivity contribution is 5.64. The van der Waals surface area contributed by atoms with E-state index in [1.165, 1.54) is 29.0 Å². The summed E-state index contributed by atoms with van der Waals surface area (Å²) in [6.45, 7) is 0. The van der Waals surface area contributed by atoms with E-state index in [4.69, 9.17) is 5.73 Å². The topological polar surface area (TPSA) is 69.1 Å². The molecular weight excluding hydrogens is 271 g/mol. The Balaban J connectivity index is 2.24. The standard InChI is InChI=1S/C12H8F3N5/c13-7-4-9(20-10(7)5-18-12(16)19-20)8-3-6(11(14)15)1-2-17-8/h1-5,11H,(H2,16,19). The summed E-state index contributed by atoms with van der Waals surface area (Å²) in [6.07, 6.45) is -0.177. The monoisotopic (exact) mass is 279 g/mol. The molecule has 0 radical (unpaired) electrons. The zero-order valence-corrected chi connectivity index (χ0v) is 9.96. The van der Waals surface area contributed by atoms with Crippen molar-refractivity contribution in [2.45, 2.75) is 6.43 Å². The van der Waals surface area contributed by atoms with Crippen molar-refractivity contribution in [3.8, 4) is 11.4 Å². The maximum absolute atomic E-state index is 13.8. The molecule has 5 nitrogen and oxygen atoms in total. The fraction of sp³-hybridized carbons (Fsp3) is 0.0833. The molecular formula is C12H8F3N5. The van der Waals surface area contributed by atoms with Crippen LogP contribution in [0, 0.1) is 5.82 Å². The van der Waals surface area contributed by atoms with Crippen LogP contribution in [-0.4, -0.2) is 19.6 Å². The largest absolute Gasteiger partial charge is 0.367 e.